The smallest absolute Gasteiger partial charge is 0.254 e. The number of imidazole rings is 1. The van der Waals surface area contributed by atoms with Crippen LogP contribution in [0.3, 0.4) is 0 Å². The van der Waals surface area contributed by atoms with Crippen molar-refractivity contribution in [2.45, 2.75) is 29.7 Å². The molecule has 8 nitrogen and oxygen atoms in total. The van der Waals surface area contributed by atoms with E-state index in [0.29, 0.717) is 23.7 Å². The van der Waals surface area contributed by atoms with Crippen LogP contribution in [0.25, 0.3) is 5.78 Å². The van der Waals surface area contributed by atoms with E-state index in [9.17, 15) is 13.2 Å². The molecule has 0 aliphatic carbocycles. The van der Waals surface area contributed by atoms with Crippen LogP contribution in [0.1, 0.15) is 29.3 Å². The molecule has 0 saturated carbocycles. The number of fused-ring (bicyclic) bond motifs is 1. The zero-order valence-electron chi connectivity index (χ0n) is 17.4. The van der Waals surface area contributed by atoms with Crippen molar-refractivity contribution < 1.29 is 17.9 Å². The van der Waals surface area contributed by atoms with E-state index in [1.807, 2.05) is 6.92 Å². The summed E-state index contributed by atoms with van der Waals surface area (Å²) in [6, 6.07) is 12.9. The second-order valence-electron chi connectivity index (χ2n) is 7.13. The summed E-state index contributed by atoms with van der Waals surface area (Å²) in [7, 11) is -3.68. The molecule has 4 aromatic rings. The Labute approximate surface area is 185 Å². The summed E-state index contributed by atoms with van der Waals surface area (Å²) in [6.07, 6.45) is 7.27. The van der Waals surface area contributed by atoms with Gasteiger partial charge in [-0.25, -0.2) is 18.4 Å². The number of rotatable bonds is 8. The molecule has 0 radical (unpaired) electrons. The lowest BCUT2D eigenvalue weighted by Crippen LogP contribution is -2.23. The van der Waals surface area contributed by atoms with Gasteiger partial charge in [0.2, 0.25) is 15.6 Å². The lowest BCUT2D eigenvalue weighted by atomic mass is 10.2. The second kappa shape index (κ2) is 9.19. The molecule has 164 valence electrons. The van der Waals surface area contributed by atoms with Gasteiger partial charge in [-0.15, -0.1) is 0 Å². The first-order valence-corrected chi connectivity index (χ1v) is 11.6. The van der Waals surface area contributed by atoms with Crippen LogP contribution in [-0.4, -0.2) is 35.3 Å². The molecule has 0 spiro atoms. The molecule has 0 fully saturated rings. The molecule has 0 saturated heterocycles. The number of sulfone groups is 1. The highest BCUT2D eigenvalue weighted by Gasteiger charge is 2.18. The fourth-order valence-electron chi connectivity index (χ4n) is 3.09. The molecular weight excluding hydrogens is 428 g/mol. The van der Waals surface area contributed by atoms with Gasteiger partial charge in [-0.1, -0.05) is 25.1 Å². The first-order valence-electron chi connectivity index (χ1n) is 10.1. The van der Waals surface area contributed by atoms with Gasteiger partial charge in [0.1, 0.15) is 5.75 Å². The van der Waals surface area contributed by atoms with Crippen molar-refractivity contribution in [1.29, 1.82) is 0 Å². The van der Waals surface area contributed by atoms with Gasteiger partial charge in [-0.2, -0.15) is 0 Å². The Balaban J connectivity index is 1.43. The Morgan fingerprint density at radius 1 is 1.09 bits per heavy atom. The topological polar surface area (TPSA) is 103 Å². The molecule has 1 amide bonds. The number of ether oxygens (including phenoxy) is 1. The van der Waals surface area contributed by atoms with Gasteiger partial charge in [0.05, 0.1) is 22.0 Å². The first-order chi connectivity index (χ1) is 15.5. The van der Waals surface area contributed by atoms with Crippen LogP contribution in [0.4, 0.5) is 0 Å². The summed E-state index contributed by atoms with van der Waals surface area (Å²) in [5, 5.41) is 2.81. The van der Waals surface area contributed by atoms with Crippen LogP contribution >= 0.6 is 0 Å². The number of amides is 1. The van der Waals surface area contributed by atoms with E-state index < -0.39 is 9.84 Å². The summed E-state index contributed by atoms with van der Waals surface area (Å²) in [4.78, 5) is 20.9. The average Bonchev–Trinajstić information content (AvgIpc) is 3.29. The number of carbonyl (C=O) groups is 1. The van der Waals surface area contributed by atoms with E-state index in [4.69, 9.17) is 4.74 Å². The average molecular weight is 451 g/mol. The van der Waals surface area contributed by atoms with Gasteiger partial charge >= 0.3 is 0 Å². The fraction of sp³-hybridized carbons (Fsp3) is 0.174. The van der Waals surface area contributed by atoms with Gasteiger partial charge in [-0.3, -0.25) is 9.20 Å². The summed E-state index contributed by atoms with van der Waals surface area (Å²) in [6.45, 7) is 2.76. The summed E-state index contributed by atoms with van der Waals surface area (Å²) < 4.78 is 33.1. The minimum absolute atomic E-state index is 0.176. The van der Waals surface area contributed by atoms with Gasteiger partial charge in [0.15, 0.2) is 0 Å². The Morgan fingerprint density at radius 3 is 2.69 bits per heavy atom. The fourth-order valence-corrected chi connectivity index (χ4v) is 4.39. The zero-order chi connectivity index (χ0) is 22.6. The van der Waals surface area contributed by atoms with E-state index in [1.54, 1.807) is 53.3 Å². The predicted molar refractivity (Wildman–Crippen MR) is 118 cm³/mol. The third-order valence-corrected chi connectivity index (χ3v) is 6.55. The van der Waals surface area contributed by atoms with E-state index >= 15 is 0 Å². The van der Waals surface area contributed by atoms with Gasteiger partial charge in [-0.05, 0) is 42.3 Å². The Morgan fingerprint density at radius 2 is 1.91 bits per heavy atom. The third kappa shape index (κ3) is 4.62. The summed E-state index contributed by atoms with van der Waals surface area (Å²) in [5.74, 6) is 0.755. The normalized spacial score (nSPS) is 11.4. The van der Waals surface area contributed by atoms with Crippen LogP contribution in [0, 0.1) is 0 Å². The molecule has 0 atom stereocenters. The van der Waals surface area contributed by atoms with Crippen molar-refractivity contribution in [2.75, 3.05) is 6.61 Å². The molecule has 0 aliphatic rings. The summed E-state index contributed by atoms with van der Waals surface area (Å²) >= 11 is 0. The van der Waals surface area contributed by atoms with Crippen LogP contribution < -0.4 is 10.1 Å². The number of nitrogens with one attached hydrogen (secondary N) is 1. The molecule has 32 heavy (non-hydrogen) atoms. The lowest BCUT2D eigenvalue weighted by Gasteiger charge is -2.09. The molecule has 0 unspecified atom stereocenters. The maximum absolute atomic E-state index is 13.0. The van der Waals surface area contributed by atoms with Gasteiger partial charge in [0.25, 0.3) is 5.91 Å². The zero-order valence-corrected chi connectivity index (χ0v) is 18.2. The SMILES string of the molecule is CCCOc1cccc(S(=O)(=O)c2ccc(CNC(=O)c3cnc4nccn4c3)cc2)c1. The van der Waals surface area contributed by atoms with E-state index in [0.717, 1.165) is 12.0 Å². The largest absolute Gasteiger partial charge is 0.494 e. The number of nitrogens with zero attached hydrogens (tertiary/aromatic N) is 3. The van der Waals surface area contributed by atoms with Crippen LogP contribution in [0.2, 0.25) is 0 Å². The van der Waals surface area contributed by atoms with Crippen molar-refractivity contribution in [3.05, 3.63) is 84.4 Å². The Hall–Kier alpha value is -3.72. The molecule has 9 heteroatoms. The molecular formula is C23H22N4O4S. The van der Waals surface area contributed by atoms with Crippen molar-refractivity contribution in [3.8, 4) is 5.75 Å². The number of carbonyl (C=O) groups excluding carboxylic acids is 1. The summed E-state index contributed by atoms with van der Waals surface area (Å²) in [5.41, 5.74) is 1.17. The second-order valence-corrected chi connectivity index (χ2v) is 9.08. The first kappa shape index (κ1) is 21.5. The Kier molecular flexibility index (Phi) is 6.18. The maximum Gasteiger partial charge on any atom is 0.254 e. The molecule has 1 N–H and O–H groups in total. The van der Waals surface area contributed by atoms with Crippen LogP contribution in [0.15, 0.2) is 83.1 Å². The third-order valence-electron chi connectivity index (χ3n) is 4.78. The number of hydrogen-bond acceptors (Lipinski definition) is 6. The number of hydrogen-bond donors (Lipinski definition) is 1. The molecule has 0 bridgehead atoms. The van der Waals surface area contributed by atoms with E-state index in [1.165, 1.54) is 24.4 Å². The molecule has 0 aliphatic heterocycles. The highest BCUT2D eigenvalue weighted by atomic mass is 32.2. The predicted octanol–water partition coefficient (Wildman–Crippen LogP) is 3.28. The molecule has 2 aromatic heterocycles. The number of aromatic nitrogens is 3. The molecule has 2 heterocycles. The lowest BCUT2D eigenvalue weighted by molar-refractivity contribution is 0.0950. The highest BCUT2D eigenvalue weighted by molar-refractivity contribution is 7.91. The van der Waals surface area contributed by atoms with Crippen LogP contribution in [-0.2, 0) is 16.4 Å². The Bertz CT molecular complexity index is 1350. The van der Waals surface area contributed by atoms with Crippen molar-refractivity contribution in [3.63, 3.8) is 0 Å². The van der Waals surface area contributed by atoms with E-state index in [-0.39, 0.29) is 22.2 Å². The molecule has 2 aromatic carbocycles. The minimum Gasteiger partial charge on any atom is -0.494 e. The van der Waals surface area contributed by atoms with E-state index in [2.05, 4.69) is 15.3 Å². The monoisotopic (exact) mass is 450 g/mol. The molecule has 4 rings (SSSR count). The quantitative estimate of drug-likeness (QED) is 0.442. The number of benzene rings is 2. The van der Waals surface area contributed by atoms with Crippen molar-refractivity contribution in [1.82, 2.24) is 19.7 Å². The maximum atomic E-state index is 13.0. The minimum atomic E-state index is -3.68. The van der Waals surface area contributed by atoms with Crippen molar-refractivity contribution >= 4 is 21.5 Å². The van der Waals surface area contributed by atoms with Gasteiger partial charge < -0.3 is 10.1 Å². The van der Waals surface area contributed by atoms with Crippen LogP contribution in [0.5, 0.6) is 5.75 Å². The van der Waals surface area contributed by atoms with Crippen molar-refractivity contribution in [2.24, 2.45) is 0 Å². The highest BCUT2D eigenvalue weighted by Crippen LogP contribution is 2.24. The van der Waals surface area contributed by atoms with Gasteiger partial charge in [0, 0.05) is 31.3 Å². The standard InChI is InChI=1S/C23H22N4O4S/c1-2-12-31-19-4-3-5-21(13-19)32(29,30)20-8-6-17(7-9-20)14-25-22(28)18-15-26-23-24-10-11-27(23)16-18/h3-11,13,15-16H,2,12,14H2,1H3,(H,25,28).